The number of aromatic nitrogens is 1. The van der Waals surface area contributed by atoms with Crippen LogP contribution in [0.2, 0.25) is 0 Å². The Kier molecular flexibility index (Phi) is 44.8. The van der Waals surface area contributed by atoms with Crippen LogP contribution in [0, 0.1) is 0 Å². The average Bonchev–Trinajstić information content (AvgIpc) is 3.01. The summed E-state index contributed by atoms with van der Waals surface area (Å²) in [5, 5.41) is 2.60. The maximum Gasteiger partial charge on any atom is 0.272 e. The molecule has 0 amide bonds. The number of unbranched alkanes of at least 4 members (excludes halogenated alkanes) is 3. The van der Waals surface area contributed by atoms with E-state index in [1.54, 1.807) is 13.3 Å². The van der Waals surface area contributed by atoms with Crippen LogP contribution in [0.4, 0.5) is 0 Å². The summed E-state index contributed by atoms with van der Waals surface area (Å²) in [4.78, 5) is 3.83. The monoisotopic (exact) mass is 409 g/mol. The van der Waals surface area contributed by atoms with Gasteiger partial charge in [-0.15, -0.1) is 0 Å². The molecule has 120 valence electrons. The van der Waals surface area contributed by atoms with Crippen molar-refractivity contribution in [3.8, 4) is 5.19 Å². The van der Waals surface area contributed by atoms with Crippen molar-refractivity contribution in [2.75, 3.05) is 7.11 Å². The Balaban J connectivity index is -0.0000000881. The van der Waals surface area contributed by atoms with Gasteiger partial charge in [-0.3, -0.25) is 0 Å². The zero-order chi connectivity index (χ0) is 15.4. The van der Waals surface area contributed by atoms with Gasteiger partial charge in [0, 0.05) is 35.5 Å². The molecule has 20 heavy (non-hydrogen) atoms. The normalized spacial score (nSPS) is 7.55. The summed E-state index contributed by atoms with van der Waals surface area (Å²) >= 11 is 1.49. The van der Waals surface area contributed by atoms with Gasteiger partial charge < -0.3 is 4.74 Å². The third-order valence-corrected chi connectivity index (χ3v) is 2.82. The van der Waals surface area contributed by atoms with E-state index < -0.39 is 0 Å². The quantitative estimate of drug-likeness (QED) is 0.555. The summed E-state index contributed by atoms with van der Waals surface area (Å²) in [5.41, 5.74) is 0. The fourth-order valence-corrected chi connectivity index (χ4v) is 0.767. The predicted molar refractivity (Wildman–Crippen MR) is 96.2 cm³/mol. The molecule has 0 unspecified atom stereocenters. The number of rotatable bonds is 4. The largest absolute Gasteiger partial charge is 0.473 e. The standard InChI is InChI=1S/C4H5NOS.3C4H10.Sn/c1-6-4-5-2-3-7-4;3*1-3-4-2;/h2-3H,1H3;3*3-4H2,1-2H3;. The predicted octanol–water partition coefficient (Wildman–Crippen LogP) is 6.19. The van der Waals surface area contributed by atoms with Crippen molar-refractivity contribution in [1.29, 1.82) is 0 Å². The van der Waals surface area contributed by atoms with Gasteiger partial charge in [0.2, 0.25) is 0 Å². The van der Waals surface area contributed by atoms with Gasteiger partial charge in [-0.25, -0.2) is 4.98 Å². The molecule has 0 saturated carbocycles. The Morgan fingerprint density at radius 1 is 0.850 bits per heavy atom. The van der Waals surface area contributed by atoms with Crippen LogP contribution in [-0.4, -0.2) is 36.0 Å². The van der Waals surface area contributed by atoms with E-state index in [1.165, 1.54) is 49.9 Å². The summed E-state index contributed by atoms with van der Waals surface area (Å²) in [5.74, 6) is 0. The van der Waals surface area contributed by atoms with E-state index in [9.17, 15) is 0 Å². The van der Waals surface area contributed by atoms with E-state index in [4.69, 9.17) is 4.74 Å². The first-order chi connectivity index (χ1) is 9.17. The first-order valence-electron chi connectivity index (χ1n) is 7.61. The Hall–Kier alpha value is 0.229. The Morgan fingerprint density at radius 3 is 1.30 bits per heavy atom. The van der Waals surface area contributed by atoms with E-state index in [0.29, 0.717) is 0 Å². The van der Waals surface area contributed by atoms with Gasteiger partial charge in [-0.1, -0.05) is 91.4 Å². The third kappa shape index (κ3) is 36.2. The minimum absolute atomic E-state index is 0. The molecule has 0 aromatic carbocycles. The van der Waals surface area contributed by atoms with E-state index in [-0.39, 0.29) is 23.9 Å². The van der Waals surface area contributed by atoms with Gasteiger partial charge >= 0.3 is 0 Å². The second kappa shape index (κ2) is 31.6. The molecular weight excluding hydrogens is 373 g/mol. The van der Waals surface area contributed by atoms with Crippen LogP contribution in [0.15, 0.2) is 11.6 Å². The molecule has 0 N–H and O–H groups in total. The van der Waals surface area contributed by atoms with Crippen molar-refractivity contribution in [2.45, 2.75) is 80.1 Å². The van der Waals surface area contributed by atoms with E-state index in [2.05, 4.69) is 46.5 Å². The van der Waals surface area contributed by atoms with E-state index in [1.807, 2.05) is 5.38 Å². The van der Waals surface area contributed by atoms with Crippen molar-refractivity contribution in [3.63, 3.8) is 0 Å². The molecule has 1 aromatic rings. The van der Waals surface area contributed by atoms with Gasteiger partial charge in [0.25, 0.3) is 5.19 Å². The van der Waals surface area contributed by atoms with Gasteiger partial charge in [-0.05, 0) is 0 Å². The molecule has 0 atom stereocenters. The second-order valence-corrected chi connectivity index (χ2v) is 4.86. The average molecular weight is 408 g/mol. The number of methoxy groups -OCH3 is 1. The minimum Gasteiger partial charge on any atom is -0.473 e. The molecule has 0 aliphatic carbocycles. The molecule has 0 aliphatic heterocycles. The Labute approximate surface area is 148 Å². The third-order valence-electron chi connectivity index (χ3n) is 2.08. The van der Waals surface area contributed by atoms with Crippen LogP contribution in [0.5, 0.6) is 5.19 Å². The van der Waals surface area contributed by atoms with Crippen LogP contribution >= 0.6 is 11.3 Å². The molecule has 4 heteroatoms. The molecule has 0 saturated heterocycles. The number of ether oxygens (including phenoxy) is 1. The fraction of sp³-hybridized carbons (Fsp3) is 0.812. The maximum absolute atomic E-state index is 4.76. The van der Waals surface area contributed by atoms with Crippen molar-refractivity contribution >= 4 is 35.2 Å². The molecule has 0 fully saturated rings. The Morgan fingerprint density at radius 2 is 1.20 bits per heavy atom. The topological polar surface area (TPSA) is 22.1 Å². The minimum atomic E-state index is 0. The van der Waals surface area contributed by atoms with Crippen molar-refractivity contribution in [3.05, 3.63) is 11.6 Å². The van der Waals surface area contributed by atoms with Crippen molar-refractivity contribution < 1.29 is 4.74 Å². The molecule has 0 spiro atoms. The van der Waals surface area contributed by atoms with Gasteiger partial charge in [0.05, 0.1) is 7.11 Å². The van der Waals surface area contributed by atoms with Crippen LogP contribution in [-0.2, 0) is 0 Å². The fourth-order valence-electron chi connectivity index (χ4n) is 0.311. The summed E-state index contributed by atoms with van der Waals surface area (Å²) in [6.07, 6.45) is 9.63. The first kappa shape index (κ1) is 28.4. The number of hydrogen-bond donors (Lipinski definition) is 0. The Bertz CT molecular complexity index is 191. The van der Waals surface area contributed by atoms with Gasteiger partial charge in [0.15, 0.2) is 0 Å². The van der Waals surface area contributed by atoms with Crippen LogP contribution in [0.3, 0.4) is 0 Å². The SMILES string of the molecule is CCCC.CCCC.CCCC.COc1nccs1.[Sn]. The molecule has 1 heterocycles. The molecule has 2 nitrogen and oxygen atoms in total. The van der Waals surface area contributed by atoms with Gasteiger partial charge in [-0.2, -0.15) is 0 Å². The van der Waals surface area contributed by atoms with Gasteiger partial charge in [0.1, 0.15) is 0 Å². The summed E-state index contributed by atoms with van der Waals surface area (Å²) in [7, 11) is 1.61. The molecule has 1 rings (SSSR count). The van der Waals surface area contributed by atoms with E-state index >= 15 is 0 Å². The van der Waals surface area contributed by atoms with Crippen LogP contribution in [0.25, 0.3) is 0 Å². The number of thiazole rings is 1. The molecule has 4 radical (unpaired) electrons. The van der Waals surface area contributed by atoms with Crippen molar-refractivity contribution in [1.82, 2.24) is 4.98 Å². The summed E-state index contributed by atoms with van der Waals surface area (Å²) in [6, 6.07) is 0. The van der Waals surface area contributed by atoms with E-state index in [0.717, 1.165) is 5.19 Å². The maximum atomic E-state index is 4.76. The summed E-state index contributed by atoms with van der Waals surface area (Å²) in [6.45, 7) is 13.1. The zero-order valence-corrected chi connectivity index (χ0v) is 18.3. The number of nitrogens with zero attached hydrogens (tertiary/aromatic N) is 1. The second-order valence-electron chi connectivity index (χ2n) is 4.00. The first-order valence-corrected chi connectivity index (χ1v) is 8.49. The zero-order valence-electron chi connectivity index (χ0n) is 14.7. The molecule has 1 aromatic heterocycles. The smallest absolute Gasteiger partial charge is 0.272 e. The molecule has 0 bridgehead atoms. The summed E-state index contributed by atoms with van der Waals surface area (Å²) < 4.78 is 4.76. The number of hydrogen-bond acceptors (Lipinski definition) is 3. The van der Waals surface area contributed by atoms with Crippen LogP contribution in [0.1, 0.15) is 80.1 Å². The molecule has 0 aliphatic rings. The molecular formula is C16H35NOSSn. The van der Waals surface area contributed by atoms with Crippen LogP contribution < -0.4 is 4.74 Å². The van der Waals surface area contributed by atoms with Crippen molar-refractivity contribution in [2.24, 2.45) is 0 Å².